The van der Waals surface area contributed by atoms with Crippen LogP contribution in [0.4, 0.5) is 5.69 Å². The average molecular weight is 287 g/mol. The van der Waals surface area contributed by atoms with E-state index in [1.807, 2.05) is 31.2 Å². The number of carbonyl (C=O) groups is 1. The van der Waals surface area contributed by atoms with Crippen LogP contribution in [0.15, 0.2) is 52.3 Å². The summed E-state index contributed by atoms with van der Waals surface area (Å²) in [6.07, 6.45) is 0. The molecular weight excluding hydrogens is 270 g/mol. The van der Waals surface area contributed by atoms with E-state index < -0.39 is 0 Å². The van der Waals surface area contributed by atoms with Gasteiger partial charge in [0, 0.05) is 15.5 Å². The third-order valence-corrected chi connectivity index (χ3v) is 4.09. The molecule has 0 spiro atoms. The molecule has 0 aromatic heterocycles. The lowest BCUT2D eigenvalue weighted by molar-refractivity contribution is 0.0526. The summed E-state index contributed by atoms with van der Waals surface area (Å²) in [7, 11) is 0. The number of hydrogen-bond acceptors (Lipinski definition) is 4. The molecule has 4 heteroatoms. The zero-order valence-corrected chi connectivity index (χ0v) is 12.4. The number of nitrogen functional groups attached to an aromatic ring is 1. The zero-order valence-electron chi connectivity index (χ0n) is 11.6. The highest BCUT2D eigenvalue weighted by atomic mass is 32.2. The number of anilines is 1. The molecule has 0 bridgehead atoms. The number of nitrogens with two attached hydrogens (primary N) is 1. The molecule has 0 fully saturated rings. The fourth-order valence-electron chi connectivity index (χ4n) is 1.75. The van der Waals surface area contributed by atoms with Crippen molar-refractivity contribution in [2.24, 2.45) is 0 Å². The minimum Gasteiger partial charge on any atom is -0.462 e. The van der Waals surface area contributed by atoms with Crippen molar-refractivity contribution < 1.29 is 9.53 Å². The van der Waals surface area contributed by atoms with Crippen molar-refractivity contribution in [2.75, 3.05) is 12.3 Å². The second kappa shape index (κ2) is 6.48. The van der Waals surface area contributed by atoms with Crippen molar-refractivity contribution in [2.45, 2.75) is 23.6 Å². The molecule has 0 heterocycles. The number of esters is 1. The molecule has 0 saturated heterocycles. The maximum atomic E-state index is 11.8. The molecule has 0 saturated carbocycles. The van der Waals surface area contributed by atoms with E-state index >= 15 is 0 Å². The predicted molar refractivity (Wildman–Crippen MR) is 82.1 cm³/mol. The van der Waals surface area contributed by atoms with E-state index in [1.165, 1.54) is 5.56 Å². The molecular formula is C16H17NO2S. The molecule has 2 rings (SSSR count). The number of benzene rings is 2. The SMILES string of the molecule is CCOC(=O)c1ccc(N)c(Sc2ccccc2C)c1. The summed E-state index contributed by atoms with van der Waals surface area (Å²) in [5.41, 5.74) is 8.35. The van der Waals surface area contributed by atoms with Gasteiger partial charge in [-0.3, -0.25) is 0 Å². The van der Waals surface area contributed by atoms with Gasteiger partial charge in [-0.05, 0) is 43.7 Å². The molecule has 0 radical (unpaired) electrons. The van der Waals surface area contributed by atoms with Crippen LogP contribution in [0.2, 0.25) is 0 Å². The Morgan fingerprint density at radius 1 is 1.20 bits per heavy atom. The Bertz CT molecular complexity index is 626. The Hall–Kier alpha value is -1.94. The second-order valence-electron chi connectivity index (χ2n) is 4.34. The van der Waals surface area contributed by atoms with Crippen LogP contribution in [0.3, 0.4) is 0 Å². The van der Waals surface area contributed by atoms with E-state index in [1.54, 1.807) is 36.9 Å². The molecule has 0 unspecified atom stereocenters. The van der Waals surface area contributed by atoms with Gasteiger partial charge in [-0.1, -0.05) is 30.0 Å². The fraction of sp³-hybridized carbons (Fsp3) is 0.188. The maximum Gasteiger partial charge on any atom is 0.338 e. The number of carbonyl (C=O) groups excluding carboxylic acids is 1. The van der Waals surface area contributed by atoms with Gasteiger partial charge in [0.05, 0.1) is 12.2 Å². The highest BCUT2D eigenvalue weighted by Gasteiger charge is 2.11. The van der Waals surface area contributed by atoms with Crippen LogP contribution in [0.5, 0.6) is 0 Å². The molecule has 2 N–H and O–H groups in total. The standard InChI is InChI=1S/C16H17NO2S/c1-3-19-16(18)12-8-9-13(17)15(10-12)20-14-7-5-4-6-11(14)2/h4-10H,3,17H2,1-2H3. The minimum atomic E-state index is -0.320. The van der Waals surface area contributed by atoms with Crippen molar-refractivity contribution in [3.8, 4) is 0 Å². The Kier molecular flexibility index (Phi) is 4.69. The fourth-order valence-corrected chi connectivity index (χ4v) is 2.74. The second-order valence-corrected chi connectivity index (χ2v) is 5.42. The summed E-state index contributed by atoms with van der Waals surface area (Å²) < 4.78 is 5.01. The van der Waals surface area contributed by atoms with Crippen LogP contribution in [-0.4, -0.2) is 12.6 Å². The third-order valence-electron chi connectivity index (χ3n) is 2.84. The molecule has 3 nitrogen and oxygen atoms in total. The molecule has 0 aliphatic rings. The smallest absolute Gasteiger partial charge is 0.338 e. The van der Waals surface area contributed by atoms with Crippen LogP contribution < -0.4 is 5.73 Å². The summed E-state index contributed by atoms with van der Waals surface area (Å²) in [6.45, 7) is 4.20. The first-order valence-electron chi connectivity index (χ1n) is 6.42. The number of rotatable bonds is 4. The van der Waals surface area contributed by atoms with Crippen LogP contribution in [0, 0.1) is 6.92 Å². The van der Waals surface area contributed by atoms with Gasteiger partial charge in [-0.2, -0.15) is 0 Å². The van der Waals surface area contributed by atoms with Crippen LogP contribution in [0.1, 0.15) is 22.8 Å². The number of ether oxygens (including phenoxy) is 1. The first kappa shape index (κ1) is 14.5. The Morgan fingerprint density at radius 2 is 1.95 bits per heavy atom. The largest absolute Gasteiger partial charge is 0.462 e. The lowest BCUT2D eigenvalue weighted by Crippen LogP contribution is -2.05. The Labute approximate surface area is 123 Å². The topological polar surface area (TPSA) is 52.3 Å². The first-order chi connectivity index (χ1) is 9.61. The van der Waals surface area contributed by atoms with Gasteiger partial charge < -0.3 is 10.5 Å². The molecule has 0 atom stereocenters. The van der Waals surface area contributed by atoms with Gasteiger partial charge in [0.25, 0.3) is 0 Å². The highest BCUT2D eigenvalue weighted by molar-refractivity contribution is 7.99. The molecule has 0 amide bonds. The molecule has 20 heavy (non-hydrogen) atoms. The molecule has 2 aromatic rings. The number of aryl methyl sites for hydroxylation is 1. The van der Waals surface area contributed by atoms with Gasteiger partial charge in [0.2, 0.25) is 0 Å². The summed E-state index contributed by atoms with van der Waals surface area (Å²) in [5, 5.41) is 0. The zero-order chi connectivity index (χ0) is 14.5. The molecule has 2 aromatic carbocycles. The van der Waals surface area contributed by atoms with Crippen LogP contribution in [-0.2, 0) is 4.74 Å². The van der Waals surface area contributed by atoms with E-state index in [0.717, 1.165) is 9.79 Å². The van der Waals surface area contributed by atoms with E-state index in [9.17, 15) is 4.79 Å². The lowest BCUT2D eigenvalue weighted by atomic mass is 10.2. The van der Waals surface area contributed by atoms with Crippen molar-refractivity contribution >= 4 is 23.4 Å². The summed E-state index contributed by atoms with van der Waals surface area (Å²) in [5.74, 6) is -0.320. The summed E-state index contributed by atoms with van der Waals surface area (Å²) in [6, 6.07) is 13.3. The minimum absolute atomic E-state index is 0.320. The van der Waals surface area contributed by atoms with Gasteiger partial charge in [-0.25, -0.2) is 4.79 Å². The summed E-state index contributed by atoms with van der Waals surface area (Å²) in [4.78, 5) is 13.7. The van der Waals surface area contributed by atoms with Crippen molar-refractivity contribution in [1.29, 1.82) is 0 Å². The van der Waals surface area contributed by atoms with E-state index in [0.29, 0.717) is 17.9 Å². The van der Waals surface area contributed by atoms with Crippen molar-refractivity contribution in [3.05, 3.63) is 53.6 Å². The average Bonchev–Trinajstić information content (AvgIpc) is 2.44. The quantitative estimate of drug-likeness (QED) is 0.684. The number of hydrogen-bond donors (Lipinski definition) is 1. The summed E-state index contributed by atoms with van der Waals surface area (Å²) >= 11 is 1.56. The van der Waals surface area contributed by atoms with Crippen molar-refractivity contribution in [1.82, 2.24) is 0 Å². The molecule has 0 aliphatic carbocycles. The van der Waals surface area contributed by atoms with Gasteiger partial charge in [-0.15, -0.1) is 0 Å². The maximum absolute atomic E-state index is 11.8. The van der Waals surface area contributed by atoms with E-state index in [-0.39, 0.29) is 5.97 Å². The monoisotopic (exact) mass is 287 g/mol. The van der Waals surface area contributed by atoms with E-state index in [4.69, 9.17) is 10.5 Å². The Morgan fingerprint density at radius 3 is 2.65 bits per heavy atom. The van der Waals surface area contributed by atoms with Crippen LogP contribution >= 0.6 is 11.8 Å². The lowest BCUT2D eigenvalue weighted by Gasteiger charge is -2.09. The Balaban J connectivity index is 2.30. The normalized spacial score (nSPS) is 10.3. The van der Waals surface area contributed by atoms with Gasteiger partial charge in [0.1, 0.15) is 0 Å². The highest BCUT2D eigenvalue weighted by Crippen LogP contribution is 2.34. The van der Waals surface area contributed by atoms with Gasteiger partial charge >= 0.3 is 5.97 Å². The predicted octanol–water partition coefficient (Wildman–Crippen LogP) is 3.91. The van der Waals surface area contributed by atoms with Gasteiger partial charge in [0.15, 0.2) is 0 Å². The van der Waals surface area contributed by atoms with E-state index in [2.05, 4.69) is 0 Å². The first-order valence-corrected chi connectivity index (χ1v) is 7.23. The molecule has 0 aliphatic heterocycles. The molecule has 104 valence electrons. The third kappa shape index (κ3) is 3.33. The van der Waals surface area contributed by atoms with Crippen molar-refractivity contribution in [3.63, 3.8) is 0 Å². The van der Waals surface area contributed by atoms with Crippen LogP contribution in [0.25, 0.3) is 0 Å².